The van der Waals surface area contributed by atoms with Gasteiger partial charge >= 0.3 is 6.16 Å². The summed E-state index contributed by atoms with van der Waals surface area (Å²) in [6.07, 6.45) is 0.860. The van der Waals surface area contributed by atoms with Gasteiger partial charge in [-0.2, -0.15) is 0 Å². The minimum atomic E-state index is -1.10. The molecule has 0 aromatic heterocycles. The molecule has 0 aliphatic rings. The first-order valence-corrected chi connectivity index (χ1v) is 7.49. The molecule has 4 atom stereocenters. The highest BCUT2D eigenvalue weighted by atomic mass is 16.7. The Balaban J connectivity index is 5.29. The van der Waals surface area contributed by atoms with Crippen LogP contribution in [-0.4, -0.2) is 76.0 Å². The summed E-state index contributed by atoms with van der Waals surface area (Å²) in [4.78, 5) is 11.5. The van der Waals surface area contributed by atoms with Crippen molar-refractivity contribution in [1.29, 1.82) is 0 Å². The maximum atomic E-state index is 11.5. The van der Waals surface area contributed by atoms with Crippen LogP contribution >= 0.6 is 0 Å². The van der Waals surface area contributed by atoms with E-state index in [0.717, 1.165) is 0 Å². The molecule has 0 saturated carbocycles. The first kappa shape index (κ1) is 22.6. The quantitative estimate of drug-likeness (QED) is 0.335. The minimum Gasteiger partial charge on any atom is -0.435 e. The zero-order valence-corrected chi connectivity index (χ0v) is 15.1. The molecule has 0 aliphatic heterocycles. The fourth-order valence-corrected chi connectivity index (χ4v) is 2.00. The number of hydrogen-bond donors (Lipinski definition) is 1. The van der Waals surface area contributed by atoms with Crippen LogP contribution in [-0.2, 0) is 28.4 Å². The largest absolute Gasteiger partial charge is 0.509 e. The van der Waals surface area contributed by atoms with E-state index >= 15 is 0 Å². The van der Waals surface area contributed by atoms with Crippen LogP contribution in [0, 0.1) is 12.3 Å². The third kappa shape index (κ3) is 7.03. The van der Waals surface area contributed by atoms with E-state index in [1.54, 1.807) is 20.8 Å². The van der Waals surface area contributed by atoms with Gasteiger partial charge in [-0.3, -0.25) is 0 Å². The number of rotatable bonds is 11. The van der Waals surface area contributed by atoms with Crippen molar-refractivity contribution in [3.63, 3.8) is 0 Å². The number of methoxy groups -OCH3 is 3. The summed E-state index contributed by atoms with van der Waals surface area (Å²) < 4.78 is 31.4. The zero-order chi connectivity index (χ0) is 18.8. The molecule has 0 amide bonds. The smallest absolute Gasteiger partial charge is 0.435 e. The summed E-state index contributed by atoms with van der Waals surface area (Å²) in [6, 6.07) is 0. The van der Waals surface area contributed by atoms with Crippen molar-refractivity contribution in [2.24, 2.45) is 0 Å². The SMILES string of the molecule is C#CC(OC(=O)OCC)C(OC)C(OC)C(CO)OC(C)(C)OC. The van der Waals surface area contributed by atoms with Gasteiger partial charge in [-0.1, -0.05) is 5.92 Å². The molecule has 0 radical (unpaired) electrons. The van der Waals surface area contributed by atoms with Crippen LogP contribution in [0.15, 0.2) is 0 Å². The van der Waals surface area contributed by atoms with E-state index in [-0.39, 0.29) is 13.2 Å². The molecule has 4 unspecified atom stereocenters. The number of aliphatic hydroxyl groups is 1. The molecule has 0 saturated heterocycles. The van der Waals surface area contributed by atoms with Crippen LogP contribution in [0.3, 0.4) is 0 Å². The fraction of sp³-hybridized carbons (Fsp3) is 0.812. The lowest BCUT2D eigenvalue weighted by atomic mass is 10.0. The third-order valence-electron chi connectivity index (χ3n) is 3.29. The first-order valence-electron chi connectivity index (χ1n) is 7.49. The summed E-state index contributed by atoms with van der Waals surface area (Å²) in [5, 5.41) is 9.65. The molecule has 0 aromatic carbocycles. The van der Waals surface area contributed by atoms with Crippen molar-refractivity contribution in [2.45, 2.75) is 51.0 Å². The van der Waals surface area contributed by atoms with E-state index in [1.807, 2.05) is 0 Å². The van der Waals surface area contributed by atoms with E-state index in [2.05, 4.69) is 5.92 Å². The van der Waals surface area contributed by atoms with Crippen molar-refractivity contribution < 1.29 is 38.3 Å². The Labute approximate surface area is 143 Å². The van der Waals surface area contributed by atoms with Gasteiger partial charge in [0, 0.05) is 21.3 Å². The van der Waals surface area contributed by atoms with Crippen molar-refractivity contribution in [2.75, 3.05) is 34.5 Å². The second-order valence-electron chi connectivity index (χ2n) is 5.23. The van der Waals surface area contributed by atoms with E-state index in [4.69, 9.17) is 34.8 Å². The van der Waals surface area contributed by atoms with Crippen LogP contribution in [0.25, 0.3) is 0 Å². The molecule has 0 spiro atoms. The topological polar surface area (TPSA) is 92.7 Å². The first-order chi connectivity index (χ1) is 11.3. The Morgan fingerprint density at radius 2 is 1.79 bits per heavy atom. The van der Waals surface area contributed by atoms with Crippen LogP contribution < -0.4 is 0 Å². The van der Waals surface area contributed by atoms with Crippen LogP contribution in [0.1, 0.15) is 20.8 Å². The molecular weight excluding hydrogens is 320 g/mol. The lowest BCUT2D eigenvalue weighted by Gasteiger charge is -2.36. The Morgan fingerprint density at radius 3 is 2.17 bits per heavy atom. The Kier molecular flexibility index (Phi) is 10.6. The molecule has 0 aromatic rings. The summed E-state index contributed by atoms with van der Waals surface area (Å²) in [6.45, 7) is 4.75. The van der Waals surface area contributed by atoms with Crippen LogP contribution in [0.5, 0.6) is 0 Å². The second kappa shape index (κ2) is 11.2. The van der Waals surface area contributed by atoms with Gasteiger partial charge in [-0.15, -0.1) is 6.42 Å². The van der Waals surface area contributed by atoms with Gasteiger partial charge in [0.25, 0.3) is 0 Å². The molecule has 1 N–H and O–H groups in total. The van der Waals surface area contributed by atoms with Gasteiger partial charge < -0.3 is 33.5 Å². The molecule has 0 bridgehead atoms. The Morgan fingerprint density at radius 1 is 1.21 bits per heavy atom. The molecule has 140 valence electrons. The average Bonchev–Trinajstić information content (AvgIpc) is 2.56. The van der Waals surface area contributed by atoms with Gasteiger partial charge in [0.2, 0.25) is 0 Å². The van der Waals surface area contributed by atoms with E-state index in [0.29, 0.717) is 0 Å². The van der Waals surface area contributed by atoms with Crippen molar-refractivity contribution in [3.05, 3.63) is 0 Å². The molecule has 0 heterocycles. The second-order valence-corrected chi connectivity index (χ2v) is 5.23. The van der Waals surface area contributed by atoms with E-state index in [1.165, 1.54) is 21.3 Å². The Hall–Kier alpha value is -1.37. The van der Waals surface area contributed by atoms with Crippen LogP contribution in [0.2, 0.25) is 0 Å². The van der Waals surface area contributed by atoms with E-state index in [9.17, 15) is 9.90 Å². The van der Waals surface area contributed by atoms with Crippen molar-refractivity contribution >= 4 is 6.16 Å². The maximum Gasteiger partial charge on any atom is 0.509 e. The summed E-state index contributed by atoms with van der Waals surface area (Å²) in [5.74, 6) is 1.34. The van der Waals surface area contributed by atoms with Crippen LogP contribution in [0.4, 0.5) is 4.79 Å². The normalized spacial score (nSPS) is 16.6. The van der Waals surface area contributed by atoms with Crippen molar-refractivity contribution in [1.82, 2.24) is 0 Å². The molecule has 8 nitrogen and oxygen atoms in total. The molecule has 0 fully saturated rings. The highest BCUT2D eigenvalue weighted by Gasteiger charge is 2.40. The number of hydrogen-bond acceptors (Lipinski definition) is 8. The lowest BCUT2D eigenvalue weighted by Crippen LogP contribution is -2.52. The highest BCUT2D eigenvalue weighted by Crippen LogP contribution is 2.21. The molecular formula is C16H28O8. The maximum absolute atomic E-state index is 11.5. The molecule has 24 heavy (non-hydrogen) atoms. The minimum absolute atomic E-state index is 0.145. The number of terminal acetylenes is 1. The monoisotopic (exact) mass is 348 g/mol. The third-order valence-corrected chi connectivity index (χ3v) is 3.29. The number of carbonyl (C=O) groups excluding carboxylic acids is 1. The predicted molar refractivity (Wildman–Crippen MR) is 85.4 cm³/mol. The predicted octanol–water partition coefficient (Wildman–Crippen LogP) is 0.951. The zero-order valence-electron chi connectivity index (χ0n) is 15.1. The van der Waals surface area contributed by atoms with Gasteiger partial charge in [-0.05, 0) is 20.8 Å². The fourth-order valence-electron chi connectivity index (χ4n) is 2.00. The van der Waals surface area contributed by atoms with Gasteiger partial charge in [-0.25, -0.2) is 4.79 Å². The van der Waals surface area contributed by atoms with E-state index < -0.39 is 36.4 Å². The standard InChI is InChI=1S/C16H28O8/c1-8-11(23-15(18)22-9-2)13(19-5)14(20-6)12(10-17)24-16(3,4)21-7/h1,11-14,17H,9-10H2,2-7H3. The van der Waals surface area contributed by atoms with Gasteiger partial charge in [0.15, 0.2) is 11.9 Å². The lowest BCUT2D eigenvalue weighted by molar-refractivity contribution is -0.261. The number of ether oxygens (including phenoxy) is 6. The number of carbonyl (C=O) groups is 1. The molecule has 0 aliphatic carbocycles. The van der Waals surface area contributed by atoms with Gasteiger partial charge in [0.1, 0.15) is 18.3 Å². The molecule has 8 heteroatoms. The molecule has 0 rings (SSSR count). The highest BCUT2D eigenvalue weighted by molar-refractivity contribution is 5.60. The summed E-state index contributed by atoms with van der Waals surface area (Å²) >= 11 is 0. The Bertz CT molecular complexity index is 403. The average molecular weight is 348 g/mol. The van der Waals surface area contributed by atoms with Crippen molar-refractivity contribution in [3.8, 4) is 12.3 Å². The van der Waals surface area contributed by atoms with Gasteiger partial charge in [0.05, 0.1) is 13.2 Å². The summed E-state index contributed by atoms with van der Waals surface area (Å²) in [7, 11) is 4.25. The number of aliphatic hydroxyl groups excluding tert-OH is 1. The summed E-state index contributed by atoms with van der Waals surface area (Å²) in [5.41, 5.74) is 0.